The van der Waals surface area contributed by atoms with Crippen molar-refractivity contribution in [3.63, 3.8) is 0 Å². The van der Waals surface area contributed by atoms with E-state index in [0.29, 0.717) is 12.8 Å². The van der Waals surface area contributed by atoms with Gasteiger partial charge in [-0.05, 0) is 26.7 Å². The fourth-order valence-corrected chi connectivity index (χ4v) is 2.01. The number of nitro groups is 1. The Balaban J connectivity index is 2.94. The highest BCUT2D eigenvalue weighted by atomic mass is 16.6. The molecule has 0 radical (unpaired) electrons. The zero-order valence-corrected chi connectivity index (χ0v) is 12.9. The number of aromatic nitrogens is 1. The van der Waals surface area contributed by atoms with Gasteiger partial charge in [-0.2, -0.15) is 0 Å². The Hall–Kier alpha value is -1.89. The number of rotatable bonds is 7. The van der Waals surface area contributed by atoms with Crippen LogP contribution in [0.2, 0.25) is 0 Å². The van der Waals surface area contributed by atoms with Gasteiger partial charge in [-0.3, -0.25) is 14.9 Å². The molecule has 0 saturated carbocycles. The van der Waals surface area contributed by atoms with E-state index in [-0.39, 0.29) is 24.0 Å². The maximum atomic E-state index is 12.2. The van der Waals surface area contributed by atoms with Crippen molar-refractivity contribution >= 4 is 11.6 Å². The minimum atomic E-state index is -0.948. The molecule has 0 atom stereocenters. The topological polar surface area (TPSA) is 97.4 Å². The summed E-state index contributed by atoms with van der Waals surface area (Å²) >= 11 is 0. The van der Waals surface area contributed by atoms with Crippen LogP contribution in [0.4, 0.5) is 5.69 Å². The normalized spacial score (nSPS) is 11.7. The van der Waals surface area contributed by atoms with Gasteiger partial charge in [0.1, 0.15) is 5.69 Å². The minimum Gasteiger partial charge on any atom is -0.388 e. The first-order chi connectivity index (χ1) is 9.74. The number of carbonyl (C=O) groups is 1. The summed E-state index contributed by atoms with van der Waals surface area (Å²) in [5, 5.41) is 23.7. The van der Waals surface area contributed by atoms with Crippen molar-refractivity contribution < 1.29 is 14.8 Å². The van der Waals surface area contributed by atoms with Crippen LogP contribution in [0, 0.1) is 10.1 Å². The fourth-order valence-electron chi connectivity index (χ4n) is 2.01. The average molecular weight is 297 g/mol. The van der Waals surface area contributed by atoms with Crippen LogP contribution >= 0.6 is 0 Å². The molecule has 0 aromatic carbocycles. The van der Waals surface area contributed by atoms with Crippen molar-refractivity contribution in [3.8, 4) is 0 Å². The van der Waals surface area contributed by atoms with Crippen LogP contribution < -0.4 is 5.32 Å². The van der Waals surface area contributed by atoms with Crippen molar-refractivity contribution in [2.75, 3.05) is 6.54 Å². The Kier molecular flexibility index (Phi) is 5.48. The summed E-state index contributed by atoms with van der Waals surface area (Å²) in [6.07, 6.45) is 2.40. The Morgan fingerprint density at radius 2 is 2.05 bits per heavy atom. The summed E-state index contributed by atoms with van der Waals surface area (Å²) in [5.41, 5.74) is -0.835. The maximum Gasteiger partial charge on any atom is 0.287 e. The number of hydrogen-bond donors (Lipinski definition) is 2. The number of aliphatic hydroxyl groups is 1. The van der Waals surface area contributed by atoms with Gasteiger partial charge < -0.3 is 15.0 Å². The summed E-state index contributed by atoms with van der Waals surface area (Å²) in [6, 6.07) is 1.18. The van der Waals surface area contributed by atoms with E-state index in [1.807, 2.05) is 27.7 Å². The third kappa shape index (κ3) is 4.04. The van der Waals surface area contributed by atoms with Crippen LogP contribution in [0.3, 0.4) is 0 Å². The van der Waals surface area contributed by atoms with Crippen LogP contribution in [0.5, 0.6) is 0 Å². The van der Waals surface area contributed by atoms with E-state index >= 15 is 0 Å². The van der Waals surface area contributed by atoms with E-state index in [1.54, 1.807) is 4.57 Å². The number of nitrogens with one attached hydrogen (secondary N) is 1. The standard InChI is InChI=1S/C14H23N3O4/c1-5-14(19,6-2)9-15-13(18)12-7-11(17(20)21)8-16(12)10(3)4/h7-8,10,19H,5-6,9H2,1-4H3,(H,15,18). The highest BCUT2D eigenvalue weighted by molar-refractivity contribution is 5.93. The molecule has 7 heteroatoms. The van der Waals surface area contributed by atoms with Crippen LogP contribution in [0.25, 0.3) is 0 Å². The van der Waals surface area contributed by atoms with Gasteiger partial charge in [0.15, 0.2) is 0 Å². The molecule has 1 aromatic rings. The molecule has 0 aliphatic rings. The van der Waals surface area contributed by atoms with Crippen LogP contribution in [-0.2, 0) is 0 Å². The molecule has 1 amide bonds. The molecule has 0 bridgehead atoms. The monoisotopic (exact) mass is 297 g/mol. The lowest BCUT2D eigenvalue weighted by molar-refractivity contribution is -0.384. The van der Waals surface area contributed by atoms with Crippen molar-refractivity contribution in [2.45, 2.75) is 52.2 Å². The molecule has 0 aliphatic carbocycles. The lowest BCUT2D eigenvalue weighted by atomic mass is 9.97. The van der Waals surface area contributed by atoms with Gasteiger partial charge in [0.25, 0.3) is 11.6 Å². The molecule has 118 valence electrons. The highest BCUT2D eigenvalue weighted by Gasteiger charge is 2.25. The number of amides is 1. The van der Waals surface area contributed by atoms with Crippen molar-refractivity contribution in [1.82, 2.24) is 9.88 Å². The van der Waals surface area contributed by atoms with Crippen LogP contribution in [0.15, 0.2) is 12.3 Å². The van der Waals surface area contributed by atoms with E-state index < -0.39 is 16.4 Å². The van der Waals surface area contributed by atoms with E-state index in [2.05, 4.69) is 5.32 Å². The van der Waals surface area contributed by atoms with Crippen LogP contribution in [-0.4, -0.2) is 32.6 Å². The van der Waals surface area contributed by atoms with Crippen LogP contribution in [0.1, 0.15) is 57.1 Å². The predicted molar refractivity (Wildman–Crippen MR) is 79.3 cm³/mol. The van der Waals surface area contributed by atoms with Gasteiger partial charge in [-0.15, -0.1) is 0 Å². The first kappa shape index (κ1) is 17.2. The Morgan fingerprint density at radius 3 is 2.48 bits per heavy atom. The first-order valence-electron chi connectivity index (χ1n) is 7.11. The Labute approximate surface area is 124 Å². The molecule has 7 nitrogen and oxygen atoms in total. The molecule has 1 rings (SSSR count). The lowest BCUT2D eigenvalue weighted by Gasteiger charge is -2.25. The molecule has 2 N–H and O–H groups in total. The molecule has 0 aliphatic heterocycles. The van der Waals surface area contributed by atoms with E-state index in [0.717, 1.165) is 0 Å². The van der Waals surface area contributed by atoms with Crippen molar-refractivity contribution in [3.05, 3.63) is 28.1 Å². The van der Waals surface area contributed by atoms with Crippen molar-refractivity contribution in [2.24, 2.45) is 0 Å². The van der Waals surface area contributed by atoms with Gasteiger partial charge in [0.2, 0.25) is 0 Å². The zero-order valence-electron chi connectivity index (χ0n) is 12.9. The third-order valence-electron chi connectivity index (χ3n) is 3.73. The zero-order chi connectivity index (χ0) is 16.2. The maximum absolute atomic E-state index is 12.2. The van der Waals surface area contributed by atoms with E-state index in [1.165, 1.54) is 12.3 Å². The molecule has 0 spiro atoms. The summed E-state index contributed by atoms with van der Waals surface area (Å²) in [7, 11) is 0. The SMILES string of the molecule is CCC(O)(CC)CNC(=O)c1cc([N+](=O)[O-])cn1C(C)C. The van der Waals surface area contributed by atoms with Gasteiger partial charge in [0, 0.05) is 18.7 Å². The number of nitrogens with zero attached hydrogens (tertiary/aromatic N) is 2. The summed E-state index contributed by atoms with van der Waals surface area (Å²) in [5.74, 6) is -0.419. The molecular weight excluding hydrogens is 274 g/mol. The minimum absolute atomic E-state index is 0.0734. The molecular formula is C14H23N3O4. The van der Waals surface area contributed by atoms with Gasteiger partial charge in [-0.25, -0.2) is 0 Å². The molecule has 1 aromatic heterocycles. The number of carbonyl (C=O) groups excluding carboxylic acids is 1. The Bertz CT molecular complexity index is 518. The molecule has 21 heavy (non-hydrogen) atoms. The second-order valence-electron chi connectivity index (χ2n) is 5.46. The van der Waals surface area contributed by atoms with Gasteiger partial charge >= 0.3 is 0 Å². The average Bonchev–Trinajstić information content (AvgIpc) is 2.90. The van der Waals surface area contributed by atoms with Gasteiger partial charge in [-0.1, -0.05) is 13.8 Å². The van der Waals surface area contributed by atoms with E-state index in [9.17, 15) is 20.0 Å². The quantitative estimate of drug-likeness (QED) is 0.596. The molecule has 1 heterocycles. The second-order valence-corrected chi connectivity index (χ2v) is 5.46. The third-order valence-corrected chi connectivity index (χ3v) is 3.73. The predicted octanol–water partition coefficient (Wildman–Crippen LogP) is 2.26. The first-order valence-corrected chi connectivity index (χ1v) is 7.11. The lowest BCUT2D eigenvalue weighted by Crippen LogP contribution is -2.42. The second kappa shape index (κ2) is 6.71. The van der Waals surface area contributed by atoms with E-state index in [4.69, 9.17) is 0 Å². The summed E-state index contributed by atoms with van der Waals surface area (Å²) in [4.78, 5) is 22.5. The van der Waals surface area contributed by atoms with Crippen molar-refractivity contribution in [1.29, 1.82) is 0 Å². The Morgan fingerprint density at radius 1 is 1.48 bits per heavy atom. The fraction of sp³-hybridized carbons (Fsp3) is 0.643. The molecule has 0 fully saturated rings. The summed E-state index contributed by atoms with van der Waals surface area (Å²) in [6.45, 7) is 7.49. The van der Waals surface area contributed by atoms with Gasteiger partial charge in [0.05, 0.1) is 16.7 Å². The molecule has 0 saturated heterocycles. The summed E-state index contributed by atoms with van der Waals surface area (Å²) < 4.78 is 1.56. The molecule has 0 unspecified atom stereocenters. The number of hydrogen-bond acceptors (Lipinski definition) is 4. The highest BCUT2D eigenvalue weighted by Crippen LogP contribution is 2.21. The largest absolute Gasteiger partial charge is 0.388 e. The smallest absolute Gasteiger partial charge is 0.287 e.